The lowest BCUT2D eigenvalue weighted by Crippen LogP contribution is -2.32. The molecule has 0 bridgehead atoms. The highest BCUT2D eigenvalue weighted by Crippen LogP contribution is 1.71. The molecule has 11 heavy (non-hydrogen) atoms. The lowest BCUT2D eigenvalue weighted by Gasteiger charge is -2.03. The topological polar surface area (TPSA) is 36.4 Å². The van der Waals surface area contributed by atoms with Crippen molar-refractivity contribution in [3.8, 4) is 0 Å². The lowest BCUT2D eigenvalue weighted by atomic mass is 10.5. The van der Waals surface area contributed by atoms with Gasteiger partial charge in [0.1, 0.15) is 0 Å². The van der Waals surface area contributed by atoms with Crippen LogP contribution in [0.3, 0.4) is 0 Å². The zero-order chi connectivity index (χ0) is 8.69. The first-order chi connectivity index (χ1) is 5.16. The highest BCUT2D eigenvalue weighted by molar-refractivity contribution is 7.80. The van der Waals surface area contributed by atoms with E-state index < -0.39 is 0 Å². The maximum absolute atomic E-state index is 4.86. The summed E-state index contributed by atoms with van der Waals surface area (Å²) in [6, 6.07) is 0. The minimum Gasteiger partial charge on any atom is -0.358 e. The van der Waals surface area contributed by atoms with Crippen LogP contribution in [0.25, 0.3) is 0 Å². The Balaban J connectivity index is 3.53. The molecular formula is C7H13N3S. The molecule has 0 aromatic heterocycles. The Hall–Kier alpha value is -0.900. The van der Waals surface area contributed by atoms with Gasteiger partial charge >= 0.3 is 0 Å². The van der Waals surface area contributed by atoms with Crippen molar-refractivity contribution in [2.75, 3.05) is 6.54 Å². The van der Waals surface area contributed by atoms with Crippen molar-refractivity contribution in [3.63, 3.8) is 0 Å². The molecule has 0 rings (SSSR count). The Morgan fingerprint density at radius 2 is 2.27 bits per heavy atom. The molecule has 3 nitrogen and oxygen atoms in total. The van der Waals surface area contributed by atoms with E-state index in [0.29, 0.717) is 11.7 Å². The number of hydrogen-bond acceptors (Lipinski definition) is 2. The largest absolute Gasteiger partial charge is 0.358 e. The zero-order valence-electron chi connectivity index (χ0n) is 6.85. The minimum atomic E-state index is 0.520. The molecule has 0 saturated heterocycles. The first-order valence-corrected chi connectivity index (χ1v) is 3.73. The van der Waals surface area contributed by atoms with E-state index in [1.807, 2.05) is 13.8 Å². The molecular weight excluding hydrogens is 158 g/mol. The molecule has 0 radical (unpaired) electrons. The second-order valence-corrected chi connectivity index (χ2v) is 2.58. The molecule has 2 N–H and O–H groups in total. The van der Waals surface area contributed by atoms with Gasteiger partial charge in [-0.2, -0.15) is 5.10 Å². The molecule has 0 aliphatic rings. The Morgan fingerprint density at radius 3 is 2.73 bits per heavy atom. The van der Waals surface area contributed by atoms with Crippen molar-refractivity contribution in [2.24, 2.45) is 5.10 Å². The first-order valence-electron chi connectivity index (χ1n) is 3.32. The van der Waals surface area contributed by atoms with Crippen LogP contribution in [0.15, 0.2) is 17.8 Å². The van der Waals surface area contributed by atoms with Gasteiger partial charge in [0.05, 0.1) is 0 Å². The maximum Gasteiger partial charge on any atom is 0.187 e. The molecule has 0 amide bonds. The van der Waals surface area contributed by atoms with Crippen molar-refractivity contribution < 1.29 is 0 Å². The fourth-order valence-corrected chi connectivity index (χ4v) is 0.496. The number of nitrogens with zero attached hydrogens (tertiary/aromatic N) is 1. The van der Waals surface area contributed by atoms with Crippen LogP contribution in [0, 0.1) is 0 Å². The lowest BCUT2D eigenvalue weighted by molar-refractivity contribution is 0.935. The summed E-state index contributed by atoms with van der Waals surface area (Å²) < 4.78 is 0. The minimum absolute atomic E-state index is 0.520. The van der Waals surface area contributed by atoms with Crippen molar-refractivity contribution in [2.45, 2.75) is 13.8 Å². The van der Waals surface area contributed by atoms with E-state index in [4.69, 9.17) is 12.2 Å². The molecule has 4 heteroatoms. The van der Waals surface area contributed by atoms with Crippen molar-refractivity contribution in [1.82, 2.24) is 10.7 Å². The number of rotatable bonds is 3. The van der Waals surface area contributed by atoms with E-state index in [1.165, 1.54) is 0 Å². The average molecular weight is 171 g/mol. The van der Waals surface area contributed by atoms with Crippen molar-refractivity contribution in [3.05, 3.63) is 12.7 Å². The van der Waals surface area contributed by atoms with Gasteiger partial charge in [-0.3, -0.25) is 5.43 Å². The predicted molar refractivity (Wildman–Crippen MR) is 52.7 cm³/mol. The third-order valence-electron chi connectivity index (χ3n) is 0.788. The SMILES string of the molecule is C=CCNC(=S)NN=C(C)C. The van der Waals surface area contributed by atoms with E-state index in [9.17, 15) is 0 Å². The van der Waals surface area contributed by atoms with E-state index in [0.717, 1.165) is 5.71 Å². The van der Waals surface area contributed by atoms with Gasteiger partial charge in [0.25, 0.3) is 0 Å². The summed E-state index contributed by atoms with van der Waals surface area (Å²) in [5.74, 6) is 0. The Morgan fingerprint density at radius 1 is 1.64 bits per heavy atom. The zero-order valence-corrected chi connectivity index (χ0v) is 7.66. The second-order valence-electron chi connectivity index (χ2n) is 2.17. The van der Waals surface area contributed by atoms with Crippen LogP contribution in [0.4, 0.5) is 0 Å². The fraction of sp³-hybridized carbons (Fsp3) is 0.429. The second kappa shape index (κ2) is 5.85. The van der Waals surface area contributed by atoms with Gasteiger partial charge in [0.15, 0.2) is 5.11 Å². The summed E-state index contributed by atoms with van der Waals surface area (Å²) >= 11 is 4.86. The molecule has 0 atom stereocenters. The summed E-state index contributed by atoms with van der Waals surface area (Å²) in [6.45, 7) is 7.98. The average Bonchev–Trinajstić information content (AvgIpc) is 1.97. The Bertz CT molecular complexity index is 171. The summed E-state index contributed by atoms with van der Waals surface area (Å²) in [4.78, 5) is 0. The molecule has 0 aliphatic heterocycles. The van der Waals surface area contributed by atoms with Crippen LogP contribution in [0.1, 0.15) is 13.8 Å². The molecule has 0 aromatic carbocycles. The summed E-state index contributed by atoms with van der Waals surface area (Å²) in [7, 11) is 0. The van der Waals surface area contributed by atoms with Crippen molar-refractivity contribution >= 4 is 23.0 Å². The van der Waals surface area contributed by atoms with Crippen LogP contribution < -0.4 is 10.7 Å². The number of hydrogen-bond donors (Lipinski definition) is 2. The number of thiocarbonyl (C=S) groups is 1. The van der Waals surface area contributed by atoms with Gasteiger partial charge < -0.3 is 5.32 Å². The molecule has 0 spiro atoms. The summed E-state index contributed by atoms with van der Waals surface area (Å²) in [5, 5.41) is 7.31. The fourth-order valence-electron chi connectivity index (χ4n) is 0.367. The number of hydrazone groups is 1. The third-order valence-corrected chi connectivity index (χ3v) is 1.02. The quantitative estimate of drug-likeness (QED) is 0.288. The van der Waals surface area contributed by atoms with E-state index in [-0.39, 0.29) is 0 Å². The molecule has 0 saturated carbocycles. The Kier molecular flexibility index (Phi) is 5.37. The summed E-state index contributed by atoms with van der Waals surface area (Å²) in [6.07, 6.45) is 1.73. The van der Waals surface area contributed by atoms with Gasteiger partial charge in [-0.1, -0.05) is 6.08 Å². The van der Waals surface area contributed by atoms with Gasteiger partial charge in [0, 0.05) is 12.3 Å². The molecule has 0 unspecified atom stereocenters. The van der Waals surface area contributed by atoms with Crippen LogP contribution >= 0.6 is 12.2 Å². The molecule has 0 aliphatic carbocycles. The number of nitrogens with one attached hydrogen (secondary N) is 2. The van der Waals surface area contributed by atoms with Crippen LogP contribution in [-0.2, 0) is 0 Å². The van der Waals surface area contributed by atoms with Gasteiger partial charge in [0.2, 0.25) is 0 Å². The highest BCUT2D eigenvalue weighted by Gasteiger charge is 1.87. The maximum atomic E-state index is 4.86. The van der Waals surface area contributed by atoms with Crippen LogP contribution in [-0.4, -0.2) is 17.4 Å². The van der Waals surface area contributed by atoms with E-state index in [2.05, 4.69) is 22.4 Å². The van der Waals surface area contributed by atoms with Gasteiger partial charge in [-0.05, 0) is 26.1 Å². The predicted octanol–water partition coefficient (Wildman–Crippen LogP) is 1.03. The van der Waals surface area contributed by atoms with Crippen LogP contribution in [0.2, 0.25) is 0 Å². The highest BCUT2D eigenvalue weighted by atomic mass is 32.1. The van der Waals surface area contributed by atoms with Gasteiger partial charge in [-0.15, -0.1) is 6.58 Å². The van der Waals surface area contributed by atoms with E-state index in [1.54, 1.807) is 6.08 Å². The molecule has 62 valence electrons. The Labute approximate surface area is 72.6 Å². The molecule has 0 aromatic rings. The van der Waals surface area contributed by atoms with Crippen LogP contribution in [0.5, 0.6) is 0 Å². The molecule has 0 fully saturated rings. The van der Waals surface area contributed by atoms with Gasteiger partial charge in [-0.25, -0.2) is 0 Å². The first kappa shape index (κ1) is 10.1. The normalized spacial score (nSPS) is 8.18. The smallest absolute Gasteiger partial charge is 0.187 e. The monoisotopic (exact) mass is 171 g/mol. The van der Waals surface area contributed by atoms with E-state index >= 15 is 0 Å². The summed E-state index contributed by atoms with van der Waals surface area (Å²) in [5.41, 5.74) is 3.62. The third kappa shape index (κ3) is 6.99. The molecule has 0 heterocycles. The standard InChI is InChI=1S/C7H13N3S/c1-4-5-8-7(11)10-9-6(2)3/h4H,1,5H2,2-3H3,(H2,8,10,11). The van der Waals surface area contributed by atoms with Crippen molar-refractivity contribution in [1.29, 1.82) is 0 Å².